The van der Waals surface area contributed by atoms with Gasteiger partial charge in [0.05, 0.1) is 12.1 Å². The summed E-state index contributed by atoms with van der Waals surface area (Å²) in [7, 11) is 3.79. The molecule has 0 aromatic heterocycles. The Morgan fingerprint density at radius 2 is 1.75 bits per heavy atom. The van der Waals surface area contributed by atoms with Gasteiger partial charge in [-0.3, -0.25) is 9.59 Å². The summed E-state index contributed by atoms with van der Waals surface area (Å²) in [6, 6.07) is 0. The van der Waals surface area contributed by atoms with E-state index < -0.39 is 5.54 Å². The number of likely N-dealkylation sites (N-methyl/N-ethyl adjacent to an activating group) is 1. The van der Waals surface area contributed by atoms with Crippen LogP contribution in [0.3, 0.4) is 0 Å². The minimum atomic E-state index is -0.393. The van der Waals surface area contributed by atoms with E-state index in [2.05, 4.69) is 5.32 Å². The van der Waals surface area contributed by atoms with E-state index in [4.69, 9.17) is 0 Å². The van der Waals surface area contributed by atoms with Crippen molar-refractivity contribution in [2.45, 2.75) is 25.3 Å². The molecule has 2 fully saturated rings. The van der Waals surface area contributed by atoms with Gasteiger partial charge < -0.3 is 20.0 Å². The molecule has 20 heavy (non-hydrogen) atoms. The summed E-state index contributed by atoms with van der Waals surface area (Å²) in [5.74, 6) is 0.335. The molecule has 1 unspecified atom stereocenters. The molecule has 0 bridgehead atoms. The van der Waals surface area contributed by atoms with Gasteiger partial charge in [-0.2, -0.15) is 0 Å². The number of nitrogens with zero attached hydrogens (tertiary/aromatic N) is 3. The molecule has 114 valence electrons. The Morgan fingerprint density at radius 3 is 2.25 bits per heavy atom. The van der Waals surface area contributed by atoms with Gasteiger partial charge in [0.25, 0.3) is 0 Å². The van der Waals surface area contributed by atoms with Crippen molar-refractivity contribution in [1.82, 2.24) is 20.0 Å². The maximum Gasteiger partial charge on any atom is 0.242 e. The monoisotopic (exact) mass is 282 g/mol. The molecule has 0 radical (unpaired) electrons. The first-order valence-corrected chi connectivity index (χ1v) is 7.39. The van der Waals surface area contributed by atoms with Crippen LogP contribution in [0.2, 0.25) is 0 Å². The lowest BCUT2D eigenvalue weighted by molar-refractivity contribution is -0.143. The number of hydrogen-bond donors (Lipinski definition) is 1. The normalized spacial score (nSPS) is 27.2. The van der Waals surface area contributed by atoms with Gasteiger partial charge in [-0.1, -0.05) is 0 Å². The molecule has 1 atom stereocenters. The van der Waals surface area contributed by atoms with Crippen molar-refractivity contribution in [3.8, 4) is 0 Å². The Labute approximate surface area is 121 Å². The number of carbonyl (C=O) groups excluding carboxylic acids is 2. The zero-order chi connectivity index (χ0) is 14.8. The van der Waals surface area contributed by atoms with Crippen LogP contribution in [0.4, 0.5) is 0 Å². The lowest BCUT2D eigenvalue weighted by Gasteiger charge is -2.38. The lowest BCUT2D eigenvalue weighted by Crippen LogP contribution is -2.59. The van der Waals surface area contributed by atoms with Crippen LogP contribution in [0.5, 0.6) is 0 Å². The van der Waals surface area contributed by atoms with Gasteiger partial charge in [-0.25, -0.2) is 0 Å². The third-order valence-corrected chi connectivity index (χ3v) is 4.21. The summed E-state index contributed by atoms with van der Waals surface area (Å²) in [6.45, 7) is 5.94. The van der Waals surface area contributed by atoms with Crippen LogP contribution in [0.1, 0.15) is 19.8 Å². The van der Waals surface area contributed by atoms with E-state index in [1.54, 1.807) is 0 Å². The van der Waals surface area contributed by atoms with Crippen molar-refractivity contribution in [3.05, 3.63) is 0 Å². The van der Waals surface area contributed by atoms with Crippen molar-refractivity contribution in [2.75, 3.05) is 53.4 Å². The van der Waals surface area contributed by atoms with Gasteiger partial charge in [-0.05, 0) is 40.4 Å². The van der Waals surface area contributed by atoms with Crippen LogP contribution in [-0.2, 0) is 9.59 Å². The van der Waals surface area contributed by atoms with E-state index in [-0.39, 0.29) is 11.8 Å². The molecule has 6 heteroatoms. The van der Waals surface area contributed by atoms with Crippen molar-refractivity contribution < 1.29 is 9.59 Å². The Balaban J connectivity index is 1.85. The molecule has 0 aromatic rings. The standard InChI is InChI=1S/C14H26N4O2/c1-14(5-4-6-15-14)13(20)18-9-7-17(8-10-18)12(19)11-16(2)3/h15H,4-11H2,1-3H3. The molecule has 2 rings (SSSR count). The van der Waals surface area contributed by atoms with Crippen molar-refractivity contribution >= 4 is 11.8 Å². The number of rotatable bonds is 3. The van der Waals surface area contributed by atoms with Crippen molar-refractivity contribution in [1.29, 1.82) is 0 Å². The quantitative estimate of drug-likeness (QED) is 0.748. The third kappa shape index (κ3) is 3.30. The summed E-state index contributed by atoms with van der Waals surface area (Å²) in [5, 5.41) is 3.31. The molecule has 6 nitrogen and oxygen atoms in total. The summed E-state index contributed by atoms with van der Waals surface area (Å²) in [5.41, 5.74) is -0.393. The molecular weight excluding hydrogens is 256 g/mol. The second-order valence-electron chi connectivity index (χ2n) is 6.27. The topological polar surface area (TPSA) is 55.9 Å². The number of amides is 2. The predicted molar refractivity (Wildman–Crippen MR) is 77.4 cm³/mol. The van der Waals surface area contributed by atoms with Gasteiger partial charge in [0, 0.05) is 26.2 Å². The van der Waals surface area contributed by atoms with E-state index in [0.717, 1.165) is 19.4 Å². The van der Waals surface area contributed by atoms with Crippen LogP contribution in [0.25, 0.3) is 0 Å². The fourth-order valence-electron chi connectivity index (χ4n) is 2.96. The highest BCUT2D eigenvalue weighted by atomic mass is 16.2. The number of piperazine rings is 1. The molecular formula is C14H26N4O2. The van der Waals surface area contributed by atoms with Gasteiger partial charge in [0.2, 0.25) is 11.8 Å². The molecule has 2 amide bonds. The van der Waals surface area contributed by atoms with E-state index in [1.165, 1.54) is 0 Å². The molecule has 2 heterocycles. The molecule has 2 saturated heterocycles. The maximum absolute atomic E-state index is 12.5. The zero-order valence-electron chi connectivity index (χ0n) is 12.8. The Kier molecular flexibility index (Phi) is 4.65. The van der Waals surface area contributed by atoms with Crippen LogP contribution in [0, 0.1) is 0 Å². The van der Waals surface area contributed by atoms with Crippen LogP contribution in [0.15, 0.2) is 0 Å². The molecule has 2 aliphatic heterocycles. The number of hydrogen-bond acceptors (Lipinski definition) is 4. The van der Waals surface area contributed by atoms with E-state index >= 15 is 0 Å². The second kappa shape index (κ2) is 6.10. The first-order chi connectivity index (χ1) is 9.42. The lowest BCUT2D eigenvalue weighted by atomic mass is 9.98. The van der Waals surface area contributed by atoms with E-state index in [1.807, 2.05) is 35.7 Å². The first kappa shape index (κ1) is 15.3. The highest BCUT2D eigenvalue weighted by Crippen LogP contribution is 2.22. The Hall–Kier alpha value is -1.14. The largest absolute Gasteiger partial charge is 0.338 e. The second-order valence-corrected chi connectivity index (χ2v) is 6.27. The fraction of sp³-hybridized carbons (Fsp3) is 0.857. The Bertz CT molecular complexity index is 369. The summed E-state index contributed by atoms with van der Waals surface area (Å²) in [4.78, 5) is 30.1. The highest BCUT2D eigenvalue weighted by Gasteiger charge is 2.39. The maximum atomic E-state index is 12.5. The fourth-order valence-corrected chi connectivity index (χ4v) is 2.96. The summed E-state index contributed by atoms with van der Waals surface area (Å²) < 4.78 is 0. The SMILES string of the molecule is CN(C)CC(=O)N1CCN(C(=O)C2(C)CCCN2)CC1. The smallest absolute Gasteiger partial charge is 0.242 e. The zero-order valence-corrected chi connectivity index (χ0v) is 12.8. The summed E-state index contributed by atoms with van der Waals surface area (Å²) >= 11 is 0. The summed E-state index contributed by atoms with van der Waals surface area (Å²) in [6.07, 6.45) is 1.97. The van der Waals surface area contributed by atoms with Crippen LogP contribution >= 0.6 is 0 Å². The average Bonchev–Trinajstić information content (AvgIpc) is 2.85. The van der Waals surface area contributed by atoms with Gasteiger partial charge >= 0.3 is 0 Å². The molecule has 0 spiro atoms. The highest BCUT2D eigenvalue weighted by molar-refractivity contribution is 5.86. The van der Waals surface area contributed by atoms with Crippen LogP contribution < -0.4 is 5.32 Å². The average molecular weight is 282 g/mol. The minimum Gasteiger partial charge on any atom is -0.338 e. The molecule has 0 aliphatic carbocycles. The van der Waals surface area contributed by atoms with Gasteiger partial charge in [0.1, 0.15) is 0 Å². The van der Waals surface area contributed by atoms with E-state index in [9.17, 15) is 9.59 Å². The van der Waals surface area contributed by atoms with Crippen molar-refractivity contribution in [2.24, 2.45) is 0 Å². The predicted octanol–water partition coefficient (Wildman–Crippen LogP) is -0.639. The molecule has 0 aromatic carbocycles. The number of carbonyl (C=O) groups is 2. The molecule has 0 saturated carbocycles. The minimum absolute atomic E-state index is 0.146. The Morgan fingerprint density at radius 1 is 1.15 bits per heavy atom. The first-order valence-electron chi connectivity index (χ1n) is 7.39. The molecule has 2 aliphatic rings. The van der Waals surface area contributed by atoms with E-state index in [0.29, 0.717) is 32.7 Å². The van der Waals surface area contributed by atoms with Gasteiger partial charge in [-0.15, -0.1) is 0 Å². The third-order valence-electron chi connectivity index (χ3n) is 4.21. The van der Waals surface area contributed by atoms with Crippen LogP contribution in [-0.4, -0.2) is 85.4 Å². The van der Waals surface area contributed by atoms with Crippen molar-refractivity contribution in [3.63, 3.8) is 0 Å². The number of nitrogens with one attached hydrogen (secondary N) is 1. The van der Waals surface area contributed by atoms with Gasteiger partial charge in [0.15, 0.2) is 0 Å². The molecule has 1 N–H and O–H groups in total.